The van der Waals surface area contributed by atoms with Gasteiger partial charge in [0, 0.05) is 68.1 Å². The molecule has 3 fully saturated rings. The number of carbonyl (C=O) groups is 2. The average Bonchev–Trinajstić information content (AvgIpc) is 4.03. The number of nitrogens with one attached hydrogen (secondary N) is 1. The first-order valence-electron chi connectivity index (χ1n) is 23.6. The number of hydrogen-bond acceptors (Lipinski definition) is 8. The fourth-order valence-corrected chi connectivity index (χ4v) is 9.50. The number of hydrogen-bond donors (Lipinski definition) is 1. The fraction of sp³-hybridized carbons (Fsp3) is 0.455. The molecule has 4 aromatic carbocycles. The topological polar surface area (TPSA) is 92.8 Å². The van der Waals surface area contributed by atoms with Gasteiger partial charge in [-0.1, -0.05) is 103 Å². The lowest BCUT2D eigenvalue weighted by Gasteiger charge is -2.34. The van der Waals surface area contributed by atoms with Gasteiger partial charge in [0.15, 0.2) is 0 Å². The number of rotatable bonds is 18. The molecular weight excluding hydrogens is 813 g/mol. The van der Waals surface area contributed by atoms with E-state index < -0.39 is 0 Å². The Bertz CT molecular complexity index is 2120. The van der Waals surface area contributed by atoms with E-state index in [0.29, 0.717) is 65.8 Å². The molecule has 65 heavy (non-hydrogen) atoms. The Hall–Kier alpha value is -5.58. The van der Waals surface area contributed by atoms with E-state index in [9.17, 15) is 9.59 Å². The Balaban J connectivity index is 0.000000221. The largest absolute Gasteiger partial charge is 0.497 e. The van der Waals surface area contributed by atoms with Crippen LogP contribution in [0.1, 0.15) is 103 Å². The van der Waals surface area contributed by atoms with Crippen molar-refractivity contribution >= 4 is 24.0 Å². The van der Waals surface area contributed by atoms with E-state index in [0.717, 1.165) is 61.5 Å². The Kier molecular flexibility index (Phi) is 18.9. The van der Waals surface area contributed by atoms with E-state index in [4.69, 9.17) is 18.9 Å². The maximum absolute atomic E-state index is 13.9. The second-order valence-electron chi connectivity index (χ2n) is 18.0. The molecule has 7 rings (SSSR count). The lowest BCUT2D eigenvalue weighted by Crippen LogP contribution is -2.45. The van der Waals surface area contributed by atoms with Crippen molar-refractivity contribution in [2.75, 3.05) is 74.3 Å². The van der Waals surface area contributed by atoms with Gasteiger partial charge in [-0.3, -0.25) is 14.5 Å². The van der Waals surface area contributed by atoms with Gasteiger partial charge < -0.3 is 34.1 Å². The average molecular weight is 885 g/mol. The third kappa shape index (κ3) is 15.0. The van der Waals surface area contributed by atoms with Crippen LogP contribution in [0.15, 0.2) is 108 Å². The highest BCUT2D eigenvalue weighted by Gasteiger charge is 2.31. The van der Waals surface area contributed by atoms with E-state index in [2.05, 4.69) is 60.5 Å². The Labute approximate surface area is 388 Å². The molecule has 2 amide bonds. The molecule has 1 aliphatic carbocycles. The van der Waals surface area contributed by atoms with Crippen molar-refractivity contribution in [2.45, 2.75) is 83.7 Å². The number of likely N-dealkylation sites (tertiary alicyclic amines) is 1. The molecule has 2 aliphatic heterocycles. The molecule has 3 aliphatic rings. The zero-order valence-corrected chi connectivity index (χ0v) is 39.7. The van der Waals surface area contributed by atoms with E-state index in [1.165, 1.54) is 50.6 Å². The summed E-state index contributed by atoms with van der Waals surface area (Å²) in [6.07, 6.45) is 15.8. The van der Waals surface area contributed by atoms with Crippen LogP contribution in [0.4, 0.5) is 0 Å². The summed E-state index contributed by atoms with van der Waals surface area (Å²) >= 11 is 0. The van der Waals surface area contributed by atoms with Crippen molar-refractivity contribution in [2.24, 2.45) is 5.92 Å². The molecular formula is C55H72N4O6. The Morgan fingerprint density at radius 1 is 0.600 bits per heavy atom. The van der Waals surface area contributed by atoms with Crippen LogP contribution in [0.3, 0.4) is 0 Å². The summed E-state index contributed by atoms with van der Waals surface area (Å²) in [6, 6.07) is 32.0. The number of methoxy groups -OCH3 is 4. The molecule has 348 valence electrons. The van der Waals surface area contributed by atoms with E-state index >= 15 is 0 Å². The monoisotopic (exact) mass is 885 g/mol. The Morgan fingerprint density at radius 2 is 1.08 bits per heavy atom. The quantitative estimate of drug-likeness (QED) is 0.106. The maximum atomic E-state index is 13.9. The zero-order chi connectivity index (χ0) is 46.0. The molecule has 0 aromatic heterocycles. The van der Waals surface area contributed by atoms with Crippen LogP contribution in [0.25, 0.3) is 12.2 Å². The fourth-order valence-electron chi connectivity index (χ4n) is 9.50. The summed E-state index contributed by atoms with van der Waals surface area (Å²) in [5.41, 5.74) is 5.78. The molecule has 2 heterocycles. The normalized spacial score (nSPS) is 18.1. The number of carbonyl (C=O) groups excluding carboxylic acids is 2. The van der Waals surface area contributed by atoms with Crippen molar-refractivity contribution in [3.8, 4) is 23.0 Å². The molecule has 2 unspecified atom stereocenters. The van der Waals surface area contributed by atoms with Crippen molar-refractivity contribution < 1.29 is 28.5 Å². The van der Waals surface area contributed by atoms with E-state index in [-0.39, 0.29) is 11.8 Å². The SMILES string of the molecule is COc1cc(OC)cc(C(=O)N(C/C(C)=C/c2ccccc2)CC2CCCN2)c1.COc1cc(OC)cc(C(=O)N(C/C(C)=C/c2ccccc2)CC2CCCN2CC2CCCCC2)c1. The van der Waals surface area contributed by atoms with Gasteiger partial charge in [0.2, 0.25) is 0 Å². The summed E-state index contributed by atoms with van der Waals surface area (Å²) in [7, 11) is 6.43. The molecule has 0 radical (unpaired) electrons. The van der Waals surface area contributed by atoms with Crippen LogP contribution >= 0.6 is 0 Å². The standard InChI is InChI=1S/C31H42N2O3.C24H30N2O3/c1-24(17-25-11-6-4-7-12-25)21-33(31(34)27-18-29(35-2)20-30(19-27)36-3)23-28-15-10-16-32(28)22-26-13-8-5-9-14-26;1-18(12-19-8-5-4-6-9-19)16-26(17-21-10-7-11-25-21)24(27)20-13-22(28-2)15-23(14-20)29-3/h4,6-7,11-12,17-20,26,28H,5,8-10,13-16,21-23H2,1-3H3;4-6,8-9,12-15,21,25H,7,10-11,16-17H2,1-3H3/b24-17+;18-12+. The second kappa shape index (κ2) is 25.2. The molecule has 1 saturated carbocycles. The van der Waals surface area contributed by atoms with Gasteiger partial charge in [0.1, 0.15) is 23.0 Å². The lowest BCUT2D eigenvalue weighted by molar-refractivity contribution is 0.0708. The van der Waals surface area contributed by atoms with Gasteiger partial charge in [0.05, 0.1) is 28.4 Å². The van der Waals surface area contributed by atoms with Crippen molar-refractivity contribution in [3.05, 3.63) is 130 Å². The summed E-state index contributed by atoms with van der Waals surface area (Å²) in [6.45, 7) is 10.1. The molecule has 10 heteroatoms. The van der Waals surface area contributed by atoms with E-state index in [1.54, 1.807) is 46.6 Å². The van der Waals surface area contributed by atoms with Crippen LogP contribution in [0.2, 0.25) is 0 Å². The van der Waals surface area contributed by atoms with Crippen LogP contribution in [0.5, 0.6) is 23.0 Å². The first kappa shape index (κ1) is 48.9. The summed E-state index contributed by atoms with van der Waals surface area (Å²) in [5.74, 6) is 3.31. The summed E-state index contributed by atoms with van der Waals surface area (Å²) in [5, 5.41) is 3.50. The first-order valence-corrected chi connectivity index (χ1v) is 23.6. The summed E-state index contributed by atoms with van der Waals surface area (Å²) < 4.78 is 21.6. The highest BCUT2D eigenvalue weighted by molar-refractivity contribution is 5.96. The number of benzene rings is 4. The number of nitrogens with zero attached hydrogens (tertiary/aromatic N) is 3. The van der Waals surface area contributed by atoms with Gasteiger partial charge in [0.25, 0.3) is 11.8 Å². The molecule has 1 N–H and O–H groups in total. The summed E-state index contributed by atoms with van der Waals surface area (Å²) in [4.78, 5) is 34.0. The second-order valence-corrected chi connectivity index (χ2v) is 18.0. The third-order valence-electron chi connectivity index (χ3n) is 12.8. The molecule has 10 nitrogen and oxygen atoms in total. The predicted molar refractivity (Wildman–Crippen MR) is 263 cm³/mol. The van der Waals surface area contributed by atoms with Crippen LogP contribution in [0, 0.1) is 5.92 Å². The lowest BCUT2D eigenvalue weighted by atomic mass is 9.89. The van der Waals surface area contributed by atoms with Crippen molar-refractivity contribution in [3.63, 3.8) is 0 Å². The first-order chi connectivity index (χ1) is 31.6. The highest BCUT2D eigenvalue weighted by atomic mass is 16.5. The zero-order valence-electron chi connectivity index (χ0n) is 39.7. The van der Waals surface area contributed by atoms with Crippen molar-refractivity contribution in [1.82, 2.24) is 20.0 Å². The van der Waals surface area contributed by atoms with Crippen molar-refractivity contribution in [1.29, 1.82) is 0 Å². The predicted octanol–water partition coefficient (Wildman–Crippen LogP) is 10.3. The van der Waals surface area contributed by atoms with Gasteiger partial charge in [-0.15, -0.1) is 0 Å². The highest BCUT2D eigenvalue weighted by Crippen LogP contribution is 2.30. The Morgan fingerprint density at radius 3 is 1.52 bits per heavy atom. The van der Waals surface area contributed by atoms with Gasteiger partial charge in [-0.05, 0) is 107 Å². The molecule has 2 atom stereocenters. The molecule has 4 aromatic rings. The van der Waals surface area contributed by atoms with Gasteiger partial charge in [-0.2, -0.15) is 0 Å². The number of ether oxygens (including phenoxy) is 4. The third-order valence-corrected chi connectivity index (χ3v) is 12.8. The van der Waals surface area contributed by atoms with E-state index in [1.807, 2.05) is 64.4 Å². The van der Waals surface area contributed by atoms with Crippen LogP contribution in [-0.2, 0) is 0 Å². The molecule has 0 spiro atoms. The van der Waals surface area contributed by atoms with Gasteiger partial charge in [-0.25, -0.2) is 0 Å². The molecule has 0 bridgehead atoms. The maximum Gasteiger partial charge on any atom is 0.254 e. The molecule has 2 saturated heterocycles. The van der Waals surface area contributed by atoms with Gasteiger partial charge >= 0.3 is 0 Å². The number of amides is 2. The minimum absolute atomic E-state index is 0.0169. The van der Waals surface area contributed by atoms with Crippen LogP contribution in [-0.4, -0.2) is 113 Å². The minimum Gasteiger partial charge on any atom is -0.497 e. The smallest absolute Gasteiger partial charge is 0.254 e. The minimum atomic E-state index is -0.0169. The van der Waals surface area contributed by atoms with Crippen LogP contribution < -0.4 is 24.3 Å².